The van der Waals surface area contributed by atoms with Crippen LogP contribution in [0.15, 0.2) is 27.4 Å². The minimum absolute atomic E-state index is 0.0567. The minimum atomic E-state index is -0.758. The maximum absolute atomic E-state index is 11.4. The van der Waals surface area contributed by atoms with Gasteiger partial charge in [0.05, 0.1) is 13.0 Å². The zero-order valence-electron chi connectivity index (χ0n) is 11.2. The maximum atomic E-state index is 11.4. The van der Waals surface area contributed by atoms with Crippen molar-refractivity contribution in [1.29, 1.82) is 0 Å². The van der Waals surface area contributed by atoms with Crippen molar-refractivity contribution >= 4 is 22.6 Å². The van der Waals surface area contributed by atoms with Gasteiger partial charge in [0, 0.05) is 17.5 Å². The molecule has 1 atom stereocenters. The van der Waals surface area contributed by atoms with E-state index in [0.717, 1.165) is 10.9 Å². The molecular weight excluding hydrogens is 284 g/mol. The predicted molar refractivity (Wildman–Crippen MR) is 76.0 cm³/mol. The lowest BCUT2D eigenvalue weighted by Crippen LogP contribution is -2.19. The van der Waals surface area contributed by atoms with Crippen LogP contribution in [0.1, 0.15) is 5.56 Å². The first-order chi connectivity index (χ1) is 9.55. The van der Waals surface area contributed by atoms with Crippen LogP contribution in [0.2, 0.25) is 0 Å². The molecule has 1 aromatic heterocycles. The number of ether oxygens (including phenoxy) is 2. The molecule has 0 amide bonds. The first kappa shape index (κ1) is 14.7. The summed E-state index contributed by atoms with van der Waals surface area (Å²) in [5.74, 6) is 0.971. The largest absolute Gasteiger partial charge is 0.493 e. The smallest absolute Gasteiger partial charge is 0.336 e. The highest BCUT2D eigenvalue weighted by atomic mass is 35.5. The third-order valence-electron chi connectivity index (χ3n) is 2.84. The van der Waals surface area contributed by atoms with Crippen LogP contribution in [0, 0.1) is 6.92 Å². The lowest BCUT2D eigenvalue weighted by Gasteiger charge is -2.14. The van der Waals surface area contributed by atoms with Gasteiger partial charge in [0.1, 0.15) is 18.3 Å². The number of aryl methyl sites for hydroxylation is 1. The van der Waals surface area contributed by atoms with Gasteiger partial charge in [-0.2, -0.15) is 0 Å². The molecule has 108 valence electrons. The molecular formula is C14H15ClO5. The molecule has 0 aliphatic carbocycles. The van der Waals surface area contributed by atoms with Crippen molar-refractivity contribution < 1.29 is 19.0 Å². The van der Waals surface area contributed by atoms with E-state index in [1.54, 1.807) is 12.1 Å². The van der Waals surface area contributed by atoms with Crippen LogP contribution in [0.5, 0.6) is 11.5 Å². The number of methoxy groups -OCH3 is 1. The molecule has 0 radical (unpaired) electrons. The summed E-state index contributed by atoms with van der Waals surface area (Å²) < 4.78 is 15.8. The molecule has 5 nitrogen and oxygen atoms in total. The summed E-state index contributed by atoms with van der Waals surface area (Å²) in [5, 5.41) is 10.2. The molecule has 0 aliphatic rings. The molecule has 2 rings (SSSR count). The van der Waals surface area contributed by atoms with Crippen molar-refractivity contribution in [2.75, 3.05) is 19.6 Å². The van der Waals surface area contributed by atoms with Crippen LogP contribution < -0.4 is 15.1 Å². The fourth-order valence-electron chi connectivity index (χ4n) is 1.83. The number of alkyl halides is 1. The van der Waals surface area contributed by atoms with E-state index in [1.165, 1.54) is 13.2 Å². The second kappa shape index (κ2) is 6.15. The highest BCUT2D eigenvalue weighted by Gasteiger charge is 2.12. The van der Waals surface area contributed by atoms with Crippen molar-refractivity contribution in [3.05, 3.63) is 34.2 Å². The molecule has 0 bridgehead atoms. The van der Waals surface area contributed by atoms with E-state index >= 15 is 0 Å². The van der Waals surface area contributed by atoms with Gasteiger partial charge in [-0.15, -0.1) is 11.6 Å². The van der Waals surface area contributed by atoms with E-state index in [9.17, 15) is 9.90 Å². The van der Waals surface area contributed by atoms with Crippen molar-refractivity contribution in [2.45, 2.75) is 13.0 Å². The number of rotatable bonds is 5. The van der Waals surface area contributed by atoms with E-state index in [-0.39, 0.29) is 12.5 Å². The lowest BCUT2D eigenvalue weighted by atomic mass is 10.1. The molecule has 0 fully saturated rings. The Kier molecular flexibility index (Phi) is 4.52. The van der Waals surface area contributed by atoms with E-state index < -0.39 is 11.7 Å². The first-order valence-corrected chi connectivity index (χ1v) is 6.58. The number of aliphatic hydroxyl groups excluding tert-OH is 1. The van der Waals surface area contributed by atoms with Crippen molar-refractivity contribution in [1.82, 2.24) is 0 Å². The predicted octanol–water partition coefficient (Wildman–Crippen LogP) is 2.09. The van der Waals surface area contributed by atoms with Crippen LogP contribution in [0.25, 0.3) is 11.0 Å². The van der Waals surface area contributed by atoms with Gasteiger partial charge < -0.3 is 19.0 Å². The SMILES string of the molecule is COc1cc2oc(=O)cc(C)c2cc1OC[C@@H](O)CCl. The number of hydrogen-bond acceptors (Lipinski definition) is 5. The Morgan fingerprint density at radius 3 is 2.75 bits per heavy atom. The van der Waals surface area contributed by atoms with Gasteiger partial charge in [0.2, 0.25) is 0 Å². The molecule has 0 saturated carbocycles. The normalized spacial score (nSPS) is 12.4. The standard InChI is InChI=1S/C14H15ClO5/c1-8-3-14(17)20-11-5-12(18-2)13(4-10(8)11)19-7-9(16)6-15/h3-5,9,16H,6-7H2,1-2H3/t9-/m0/s1. The van der Waals surface area contributed by atoms with E-state index in [0.29, 0.717) is 17.1 Å². The summed E-state index contributed by atoms with van der Waals surface area (Å²) in [6.07, 6.45) is -0.758. The molecule has 0 saturated heterocycles. The highest BCUT2D eigenvalue weighted by molar-refractivity contribution is 6.18. The molecule has 1 heterocycles. The summed E-state index contributed by atoms with van der Waals surface area (Å²) in [4.78, 5) is 11.4. The molecule has 2 aromatic rings. The third kappa shape index (κ3) is 3.05. The van der Waals surface area contributed by atoms with Crippen molar-refractivity contribution in [3.8, 4) is 11.5 Å². The topological polar surface area (TPSA) is 68.9 Å². The summed E-state index contributed by atoms with van der Waals surface area (Å²) in [7, 11) is 1.49. The van der Waals surface area contributed by atoms with Crippen molar-refractivity contribution in [3.63, 3.8) is 0 Å². The van der Waals surface area contributed by atoms with Crippen LogP contribution in [0.3, 0.4) is 0 Å². The van der Waals surface area contributed by atoms with Crippen LogP contribution in [-0.4, -0.2) is 30.8 Å². The monoisotopic (exact) mass is 298 g/mol. The summed E-state index contributed by atoms with van der Waals surface area (Å²) in [6, 6.07) is 4.71. The third-order valence-corrected chi connectivity index (χ3v) is 3.20. The average molecular weight is 299 g/mol. The molecule has 0 aliphatic heterocycles. The minimum Gasteiger partial charge on any atom is -0.493 e. The molecule has 6 heteroatoms. The number of fused-ring (bicyclic) bond motifs is 1. The van der Waals surface area contributed by atoms with Gasteiger partial charge in [-0.05, 0) is 18.6 Å². The Hall–Kier alpha value is -1.72. The molecule has 1 N–H and O–H groups in total. The maximum Gasteiger partial charge on any atom is 0.336 e. The van der Waals surface area contributed by atoms with Crippen molar-refractivity contribution in [2.24, 2.45) is 0 Å². The quantitative estimate of drug-likeness (QED) is 0.676. The van der Waals surface area contributed by atoms with Gasteiger partial charge in [0.15, 0.2) is 11.5 Å². The van der Waals surface area contributed by atoms with E-state index in [4.69, 9.17) is 25.5 Å². The Bertz CT molecular complexity index is 664. The Morgan fingerprint density at radius 2 is 2.10 bits per heavy atom. The molecule has 1 aromatic carbocycles. The highest BCUT2D eigenvalue weighted by Crippen LogP contribution is 2.33. The van der Waals surface area contributed by atoms with E-state index in [2.05, 4.69) is 0 Å². The van der Waals surface area contributed by atoms with Gasteiger partial charge in [-0.25, -0.2) is 4.79 Å². The fraction of sp³-hybridized carbons (Fsp3) is 0.357. The van der Waals surface area contributed by atoms with Gasteiger partial charge in [-0.3, -0.25) is 0 Å². The molecule has 20 heavy (non-hydrogen) atoms. The molecule has 0 unspecified atom stereocenters. The van der Waals surface area contributed by atoms with Crippen LogP contribution >= 0.6 is 11.6 Å². The summed E-state index contributed by atoms with van der Waals surface area (Å²) >= 11 is 5.52. The fourth-order valence-corrected chi connectivity index (χ4v) is 1.92. The second-order valence-electron chi connectivity index (χ2n) is 4.37. The molecule has 0 spiro atoms. The van der Waals surface area contributed by atoms with Crippen LogP contribution in [0.4, 0.5) is 0 Å². The van der Waals surface area contributed by atoms with Crippen LogP contribution in [-0.2, 0) is 0 Å². The van der Waals surface area contributed by atoms with E-state index in [1.807, 2.05) is 6.92 Å². The summed E-state index contributed by atoms with van der Waals surface area (Å²) in [5.41, 5.74) is 0.794. The Balaban J connectivity index is 2.45. The zero-order valence-corrected chi connectivity index (χ0v) is 11.9. The Morgan fingerprint density at radius 1 is 1.35 bits per heavy atom. The summed E-state index contributed by atoms with van der Waals surface area (Å²) in [6.45, 7) is 1.87. The number of aliphatic hydroxyl groups is 1. The Labute approximate surface area is 120 Å². The number of hydrogen-bond donors (Lipinski definition) is 1. The first-order valence-electron chi connectivity index (χ1n) is 6.04. The van der Waals surface area contributed by atoms with Gasteiger partial charge >= 0.3 is 5.63 Å². The number of benzene rings is 1. The zero-order chi connectivity index (χ0) is 14.7. The van der Waals surface area contributed by atoms with Gasteiger partial charge in [-0.1, -0.05) is 0 Å². The average Bonchev–Trinajstić information content (AvgIpc) is 2.43. The second-order valence-corrected chi connectivity index (χ2v) is 4.68. The number of halogens is 1. The lowest BCUT2D eigenvalue weighted by molar-refractivity contribution is 0.123. The van der Waals surface area contributed by atoms with Gasteiger partial charge in [0.25, 0.3) is 0 Å².